The monoisotopic (exact) mass is 335 g/mol. The molecule has 3 heteroatoms. The molecule has 0 radical (unpaired) electrons. The Balaban J connectivity index is 2.41. The highest BCUT2D eigenvalue weighted by atomic mass is 79.9. The van der Waals surface area contributed by atoms with Gasteiger partial charge in [0.15, 0.2) is 0 Å². The Labute approximate surface area is 128 Å². The Morgan fingerprint density at radius 2 is 1.85 bits per heavy atom. The van der Waals surface area contributed by atoms with Crippen molar-refractivity contribution in [2.75, 3.05) is 6.54 Å². The molecule has 0 spiro atoms. The Kier molecular flexibility index (Phi) is 5.32. The van der Waals surface area contributed by atoms with Crippen molar-refractivity contribution in [1.29, 1.82) is 0 Å². The standard InChI is InChI=1S/C17H19BrFN/c1-3-11-20-17(13-7-9-14(19)10-8-13)15-5-4-6-16(18)12(15)2/h4-10,17,20H,3,11H2,1-2H3. The number of hydrogen-bond acceptors (Lipinski definition) is 1. The lowest BCUT2D eigenvalue weighted by atomic mass is 9.95. The molecule has 2 aromatic carbocycles. The number of rotatable bonds is 5. The molecule has 0 aliphatic carbocycles. The quantitative estimate of drug-likeness (QED) is 0.811. The average Bonchev–Trinajstić information content (AvgIpc) is 2.45. The van der Waals surface area contributed by atoms with Crippen LogP contribution in [0.1, 0.15) is 36.1 Å². The summed E-state index contributed by atoms with van der Waals surface area (Å²) in [5.74, 6) is -0.200. The van der Waals surface area contributed by atoms with Gasteiger partial charge in [-0.25, -0.2) is 4.39 Å². The van der Waals surface area contributed by atoms with E-state index in [0.29, 0.717) is 0 Å². The third kappa shape index (κ3) is 3.47. The van der Waals surface area contributed by atoms with Gasteiger partial charge in [-0.3, -0.25) is 0 Å². The van der Waals surface area contributed by atoms with Crippen LogP contribution in [-0.4, -0.2) is 6.54 Å². The predicted molar refractivity (Wildman–Crippen MR) is 85.4 cm³/mol. The van der Waals surface area contributed by atoms with E-state index in [1.54, 1.807) is 0 Å². The first-order valence-electron chi connectivity index (χ1n) is 6.87. The minimum Gasteiger partial charge on any atom is -0.306 e. The summed E-state index contributed by atoms with van der Waals surface area (Å²) in [5.41, 5.74) is 3.52. The summed E-state index contributed by atoms with van der Waals surface area (Å²) >= 11 is 3.58. The molecular weight excluding hydrogens is 317 g/mol. The zero-order valence-corrected chi connectivity index (χ0v) is 13.4. The van der Waals surface area contributed by atoms with Gasteiger partial charge in [0.2, 0.25) is 0 Å². The lowest BCUT2D eigenvalue weighted by Gasteiger charge is -2.22. The fourth-order valence-electron chi connectivity index (χ4n) is 2.29. The van der Waals surface area contributed by atoms with Crippen LogP contribution in [0.2, 0.25) is 0 Å². The van der Waals surface area contributed by atoms with E-state index in [9.17, 15) is 4.39 Å². The maximum absolute atomic E-state index is 13.1. The van der Waals surface area contributed by atoms with E-state index in [0.717, 1.165) is 23.0 Å². The predicted octanol–water partition coefficient (Wildman–Crippen LogP) is 4.99. The van der Waals surface area contributed by atoms with Crippen LogP contribution in [-0.2, 0) is 0 Å². The summed E-state index contributed by atoms with van der Waals surface area (Å²) in [6.07, 6.45) is 1.06. The van der Waals surface area contributed by atoms with Crippen molar-refractivity contribution in [3.63, 3.8) is 0 Å². The van der Waals surface area contributed by atoms with Crippen LogP contribution < -0.4 is 5.32 Å². The normalized spacial score (nSPS) is 12.4. The SMILES string of the molecule is CCCNC(c1ccc(F)cc1)c1cccc(Br)c1C. The Hall–Kier alpha value is -1.19. The number of nitrogens with one attached hydrogen (secondary N) is 1. The highest BCUT2D eigenvalue weighted by Gasteiger charge is 2.16. The van der Waals surface area contributed by atoms with E-state index in [1.165, 1.54) is 23.3 Å². The van der Waals surface area contributed by atoms with E-state index in [1.807, 2.05) is 24.3 Å². The molecule has 2 rings (SSSR count). The zero-order valence-electron chi connectivity index (χ0n) is 11.8. The minimum absolute atomic E-state index is 0.0908. The summed E-state index contributed by atoms with van der Waals surface area (Å²) in [5, 5.41) is 3.55. The van der Waals surface area contributed by atoms with Crippen LogP contribution >= 0.6 is 15.9 Å². The third-order valence-corrected chi connectivity index (χ3v) is 4.28. The summed E-state index contributed by atoms with van der Waals surface area (Å²) in [6.45, 7) is 5.17. The maximum Gasteiger partial charge on any atom is 0.123 e. The molecule has 0 aliphatic heterocycles. The van der Waals surface area contributed by atoms with Crippen LogP contribution in [0.15, 0.2) is 46.9 Å². The van der Waals surface area contributed by atoms with Gasteiger partial charge in [-0.2, -0.15) is 0 Å². The smallest absolute Gasteiger partial charge is 0.123 e. The first kappa shape index (κ1) is 15.2. The van der Waals surface area contributed by atoms with Gasteiger partial charge < -0.3 is 5.32 Å². The molecule has 0 aromatic heterocycles. The Morgan fingerprint density at radius 1 is 1.15 bits per heavy atom. The molecule has 1 N–H and O–H groups in total. The molecule has 0 heterocycles. The van der Waals surface area contributed by atoms with E-state index < -0.39 is 0 Å². The first-order chi connectivity index (χ1) is 9.63. The van der Waals surface area contributed by atoms with Gasteiger partial charge >= 0.3 is 0 Å². The second-order valence-corrected chi connectivity index (χ2v) is 5.75. The van der Waals surface area contributed by atoms with Crippen LogP contribution in [0.4, 0.5) is 4.39 Å². The molecule has 0 saturated carbocycles. The van der Waals surface area contributed by atoms with Crippen molar-refractivity contribution in [3.05, 3.63) is 69.4 Å². The van der Waals surface area contributed by atoms with Crippen molar-refractivity contribution >= 4 is 15.9 Å². The summed E-state index contributed by atoms with van der Waals surface area (Å²) in [6, 6.07) is 13.0. The van der Waals surface area contributed by atoms with Gasteiger partial charge in [-0.05, 0) is 54.8 Å². The number of benzene rings is 2. The highest BCUT2D eigenvalue weighted by molar-refractivity contribution is 9.10. The second-order valence-electron chi connectivity index (χ2n) is 4.89. The molecule has 106 valence electrons. The summed E-state index contributed by atoms with van der Waals surface area (Å²) in [4.78, 5) is 0. The molecule has 1 nitrogen and oxygen atoms in total. The molecule has 1 atom stereocenters. The molecule has 0 amide bonds. The molecule has 0 aliphatic rings. The van der Waals surface area contributed by atoms with Gasteiger partial charge in [0, 0.05) is 4.47 Å². The largest absolute Gasteiger partial charge is 0.306 e. The molecular formula is C17H19BrFN. The Bertz CT molecular complexity index is 566. The zero-order chi connectivity index (χ0) is 14.5. The molecule has 2 aromatic rings. The maximum atomic E-state index is 13.1. The summed E-state index contributed by atoms with van der Waals surface area (Å²) < 4.78 is 14.2. The third-order valence-electron chi connectivity index (χ3n) is 3.42. The lowest BCUT2D eigenvalue weighted by Crippen LogP contribution is -2.24. The fourth-order valence-corrected chi connectivity index (χ4v) is 2.67. The molecule has 20 heavy (non-hydrogen) atoms. The van der Waals surface area contributed by atoms with Crippen molar-refractivity contribution in [1.82, 2.24) is 5.32 Å². The first-order valence-corrected chi connectivity index (χ1v) is 7.66. The average molecular weight is 336 g/mol. The van der Waals surface area contributed by atoms with Crippen molar-refractivity contribution < 1.29 is 4.39 Å². The Morgan fingerprint density at radius 3 is 2.50 bits per heavy atom. The van der Waals surface area contributed by atoms with Gasteiger partial charge in [0.05, 0.1) is 6.04 Å². The van der Waals surface area contributed by atoms with Crippen molar-refractivity contribution in [2.45, 2.75) is 26.3 Å². The number of halogens is 2. The van der Waals surface area contributed by atoms with E-state index >= 15 is 0 Å². The number of hydrogen-bond donors (Lipinski definition) is 1. The van der Waals surface area contributed by atoms with Crippen LogP contribution in [0.5, 0.6) is 0 Å². The summed E-state index contributed by atoms with van der Waals surface area (Å²) in [7, 11) is 0. The van der Waals surface area contributed by atoms with Gasteiger partial charge in [-0.15, -0.1) is 0 Å². The van der Waals surface area contributed by atoms with Gasteiger partial charge in [-0.1, -0.05) is 47.1 Å². The van der Waals surface area contributed by atoms with Crippen molar-refractivity contribution in [2.24, 2.45) is 0 Å². The highest BCUT2D eigenvalue weighted by Crippen LogP contribution is 2.29. The topological polar surface area (TPSA) is 12.0 Å². The molecule has 1 unspecified atom stereocenters. The van der Waals surface area contributed by atoms with E-state index in [4.69, 9.17) is 0 Å². The molecule has 0 fully saturated rings. The van der Waals surface area contributed by atoms with Crippen LogP contribution in [0.25, 0.3) is 0 Å². The molecule has 0 saturated heterocycles. The lowest BCUT2D eigenvalue weighted by molar-refractivity contribution is 0.591. The van der Waals surface area contributed by atoms with Gasteiger partial charge in [0.1, 0.15) is 5.82 Å². The van der Waals surface area contributed by atoms with Gasteiger partial charge in [0.25, 0.3) is 0 Å². The fraction of sp³-hybridized carbons (Fsp3) is 0.294. The minimum atomic E-state index is -0.200. The van der Waals surface area contributed by atoms with Crippen LogP contribution in [0.3, 0.4) is 0 Å². The van der Waals surface area contributed by atoms with E-state index in [-0.39, 0.29) is 11.9 Å². The second kappa shape index (κ2) is 7.00. The van der Waals surface area contributed by atoms with Crippen LogP contribution in [0, 0.1) is 12.7 Å². The van der Waals surface area contributed by atoms with E-state index in [2.05, 4.69) is 41.2 Å². The molecule has 0 bridgehead atoms. The van der Waals surface area contributed by atoms with Crippen molar-refractivity contribution in [3.8, 4) is 0 Å².